The maximum absolute atomic E-state index is 12.6. The van der Waals surface area contributed by atoms with Crippen molar-refractivity contribution in [2.75, 3.05) is 5.32 Å². The Kier molecular flexibility index (Phi) is 7.04. The van der Waals surface area contributed by atoms with E-state index in [0.29, 0.717) is 28.4 Å². The van der Waals surface area contributed by atoms with Gasteiger partial charge in [0.25, 0.3) is 11.8 Å². The number of carbonyl (C=O) groups is 2. The molecule has 2 aromatic rings. The van der Waals surface area contributed by atoms with Crippen molar-refractivity contribution in [3.63, 3.8) is 0 Å². The second-order valence-corrected chi connectivity index (χ2v) is 6.57. The maximum atomic E-state index is 12.6. The van der Waals surface area contributed by atoms with Crippen LogP contribution in [0, 0.1) is 0 Å². The molecular weight excluding hydrogens is 352 g/mol. The van der Waals surface area contributed by atoms with Gasteiger partial charge in [-0.15, -0.1) is 0 Å². The molecule has 0 unspecified atom stereocenters. The SMILES string of the molecule is CC[C@@H](Oc1cccc(Cl)c1)C(=O)Nc1ccccc1C(=O)NC(C)C. The highest BCUT2D eigenvalue weighted by Gasteiger charge is 2.21. The van der Waals surface area contributed by atoms with Gasteiger partial charge in [-0.3, -0.25) is 9.59 Å². The second kappa shape index (κ2) is 9.25. The van der Waals surface area contributed by atoms with E-state index in [1.807, 2.05) is 20.8 Å². The van der Waals surface area contributed by atoms with Gasteiger partial charge >= 0.3 is 0 Å². The molecule has 5 nitrogen and oxygen atoms in total. The Morgan fingerprint density at radius 2 is 1.85 bits per heavy atom. The Morgan fingerprint density at radius 3 is 2.50 bits per heavy atom. The Labute approximate surface area is 158 Å². The average molecular weight is 375 g/mol. The third kappa shape index (κ3) is 5.49. The largest absolute Gasteiger partial charge is 0.481 e. The Hall–Kier alpha value is -2.53. The van der Waals surface area contributed by atoms with E-state index in [1.54, 1.807) is 48.5 Å². The van der Waals surface area contributed by atoms with Crippen molar-refractivity contribution in [3.8, 4) is 5.75 Å². The van der Waals surface area contributed by atoms with E-state index in [2.05, 4.69) is 10.6 Å². The lowest BCUT2D eigenvalue weighted by Gasteiger charge is -2.19. The summed E-state index contributed by atoms with van der Waals surface area (Å²) in [5.41, 5.74) is 0.857. The van der Waals surface area contributed by atoms with Crippen molar-refractivity contribution in [2.24, 2.45) is 0 Å². The van der Waals surface area contributed by atoms with Crippen molar-refractivity contribution in [2.45, 2.75) is 39.3 Å². The third-order valence-corrected chi connectivity index (χ3v) is 3.82. The van der Waals surface area contributed by atoms with Crippen LogP contribution >= 0.6 is 11.6 Å². The molecule has 0 radical (unpaired) electrons. The molecule has 0 saturated carbocycles. The number of nitrogens with one attached hydrogen (secondary N) is 2. The van der Waals surface area contributed by atoms with Gasteiger partial charge in [0.15, 0.2) is 6.10 Å². The summed E-state index contributed by atoms with van der Waals surface area (Å²) in [6, 6.07) is 13.8. The topological polar surface area (TPSA) is 67.4 Å². The summed E-state index contributed by atoms with van der Waals surface area (Å²) in [5, 5.41) is 6.15. The molecule has 1 atom stereocenters. The Balaban J connectivity index is 2.14. The summed E-state index contributed by atoms with van der Waals surface area (Å²) in [6.45, 7) is 5.61. The van der Waals surface area contributed by atoms with Crippen LogP contribution in [-0.2, 0) is 4.79 Å². The summed E-state index contributed by atoms with van der Waals surface area (Å²) >= 11 is 5.95. The number of anilines is 1. The molecule has 26 heavy (non-hydrogen) atoms. The summed E-state index contributed by atoms with van der Waals surface area (Å²) < 4.78 is 5.75. The normalized spacial score (nSPS) is 11.7. The van der Waals surface area contributed by atoms with Crippen LogP contribution in [-0.4, -0.2) is 24.0 Å². The molecule has 0 saturated heterocycles. The van der Waals surface area contributed by atoms with Crippen molar-refractivity contribution >= 4 is 29.1 Å². The second-order valence-electron chi connectivity index (χ2n) is 6.14. The monoisotopic (exact) mass is 374 g/mol. The van der Waals surface area contributed by atoms with Crippen molar-refractivity contribution in [3.05, 3.63) is 59.1 Å². The molecule has 2 aromatic carbocycles. The van der Waals surface area contributed by atoms with Crippen LogP contribution in [0.5, 0.6) is 5.75 Å². The molecule has 0 spiro atoms. The minimum absolute atomic E-state index is 0.000750. The molecule has 138 valence electrons. The van der Waals surface area contributed by atoms with Crippen LogP contribution in [0.25, 0.3) is 0 Å². The van der Waals surface area contributed by atoms with Crippen LogP contribution in [0.4, 0.5) is 5.69 Å². The van der Waals surface area contributed by atoms with Crippen LogP contribution in [0.15, 0.2) is 48.5 Å². The highest BCUT2D eigenvalue weighted by Crippen LogP contribution is 2.21. The van der Waals surface area contributed by atoms with Gasteiger partial charge in [-0.2, -0.15) is 0 Å². The molecule has 2 rings (SSSR count). The molecule has 0 aliphatic rings. The zero-order chi connectivity index (χ0) is 19.1. The average Bonchev–Trinajstić information content (AvgIpc) is 2.59. The number of hydrogen-bond donors (Lipinski definition) is 2. The molecular formula is C20H23ClN2O3. The van der Waals surface area contributed by atoms with Gasteiger partial charge < -0.3 is 15.4 Å². The zero-order valence-corrected chi connectivity index (χ0v) is 15.8. The third-order valence-electron chi connectivity index (χ3n) is 3.59. The van der Waals surface area contributed by atoms with Gasteiger partial charge in [-0.1, -0.05) is 36.7 Å². The van der Waals surface area contributed by atoms with E-state index in [0.717, 1.165) is 0 Å². The van der Waals surface area contributed by atoms with E-state index in [9.17, 15) is 9.59 Å². The first-order chi connectivity index (χ1) is 12.4. The number of amides is 2. The van der Waals surface area contributed by atoms with Crippen LogP contribution < -0.4 is 15.4 Å². The number of hydrogen-bond acceptors (Lipinski definition) is 3. The van der Waals surface area contributed by atoms with Crippen LogP contribution in [0.2, 0.25) is 5.02 Å². The molecule has 0 aromatic heterocycles. The highest BCUT2D eigenvalue weighted by atomic mass is 35.5. The number of halogens is 1. The molecule has 2 N–H and O–H groups in total. The first-order valence-corrected chi connectivity index (χ1v) is 8.91. The van der Waals surface area contributed by atoms with E-state index in [1.165, 1.54) is 0 Å². The molecule has 0 heterocycles. The first-order valence-electron chi connectivity index (χ1n) is 8.53. The smallest absolute Gasteiger partial charge is 0.265 e. The fourth-order valence-electron chi connectivity index (χ4n) is 2.37. The Bertz CT molecular complexity index is 777. The van der Waals surface area contributed by atoms with E-state index in [-0.39, 0.29) is 17.9 Å². The standard InChI is InChI=1S/C20H23ClN2O3/c1-4-18(26-15-9-7-8-14(21)12-15)20(25)23-17-11-6-5-10-16(17)19(24)22-13(2)3/h5-13,18H,4H2,1-3H3,(H,22,24)(H,23,25)/t18-/m1/s1. The van der Waals surface area contributed by atoms with Crippen molar-refractivity contribution < 1.29 is 14.3 Å². The van der Waals surface area contributed by atoms with E-state index in [4.69, 9.17) is 16.3 Å². The van der Waals surface area contributed by atoms with E-state index < -0.39 is 6.10 Å². The van der Waals surface area contributed by atoms with Gasteiger partial charge in [0, 0.05) is 11.1 Å². The number of para-hydroxylation sites is 1. The number of ether oxygens (including phenoxy) is 1. The van der Waals surface area contributed by atoms with Crippen LogP contribution in [0.3, 0.4) is 0 Å². The minimum atomic E-state index is -0.699. The van der Waals surface area contributed by atoms with Crippen molar-refractivity contribution in [1.82, 2.24) is 5.32 Å². The van der Waals surface area contributed by atoms with Crippen molar-refractivity contribution in [1.29, 1.82) is 0 Å². The summed E-state index contributed by atoms with van der Waals surface area (Å²) in [5.74, 6) is -0.0395. The number of benzene rings is 2. The molecule has 0 fully saturated rings. The van der Waals surface area contributed by atoms with Gasteiger partial charge in [0.1, 0.15) is 5.75 Å². The fraction of sp³-hybridized carbons (Fsp3) is 0.300. The highest BCUT2D eigenvalue weighted by molar-refractivity contribution is 6.30. The first kappa shape index (κ1) is 19.8. The zero-order valence-electron chi connectivity index (χ0n) is 15.1. The molecule has 0 aliphatic heterocycles. The predicted octanol–water partition coefficient (Wildman–Crippen LogP) is 4.27. The van der Waals surface area contributed by atoms with E-state index >= 15 is 0 Å². The maximum Gasteiger partial charge on any atom is 0.265 e. The molecule has 0 bridgehead atoms. The van der Waals surface area contributed by atoms with Crippen LogP contribution in [0.1, 0.15) is 37.6 Å². The lowest BCUT2D eigenvalue weighted by molar-refractivity contribution is -0.122. The van der Waals surface area contributed by atoms with Gasteiger partial charge in [-0.05, 0) is 50.6 Å². The molecule has 6 heteroatoms. The Morgan fingerprint density at radius 1 is 1.12 bits per heavy atom. The number of rotatable bonds is 7. The molecule has 0 aliphatic carbocycles. The van der Waals surface area contributed by atoms with Gasteiger partial charge in [0.05, 0.1) is 11.3 Å². The van der Waals surface area contributed by atoms with Gasteiger partial charge in [-0.25, -0.2) is 0 Å². The fourth-order valence-corrected chi connectivity index (χ4v) is 2.55. The summed E-state index contributed by atoms with van der Waals surface area (Å²) in [6.07, 6.45) is -0.228. The summed E-state index contributed by atoms with van der Waals surface area (Å²) in [4.78, 5) is 24.9. The minimum Gasteiger partial charge on any atom is -0.481 e. The lowest BCUT2D eigenvalue weighted by atomic mass is 10.1. The quantitative estimate of drug-likeness (QED) is 0.760. The predicted molar refractivity (Wildman–Crippen MR) is 104 cm³/mol. The summed E-state index contributed by atoms with van der Waals surface area (Å²) in [7, 11) is 0. The number of carbonyl (C=O) groups excluding carboxylic acids is 2. The lowest BCUT2D eigenvalue weighted by Crippen LogP contribution is -2.34. The molecule has 2 amide bonds. The van der Waals surface area contributed by atoms with Gasteiger partial charge in [0.2, 0.25) is 0 Å².